The summed E-state index contributed by atoms with van der Waals surface area (Å²) >= 11 is 0.971. The molecule has 0 spiro atoms. The first-order valence-electron chi connectivity index (χ1n) is 4.66. The molecule has 0 bridgehead atoms. The molecule has 0 saturated heterocycles. The summed E-state index contributed by atoms with van der Waals surface area (Å²) < 4.78 is 21.0. The summed E-state index contributed by atoms with van der Waals surface area (Å²) in [6.07, 6.45) is 0. The SMILES string of the molecule is COP(N)(=O)SCc1nc(C(C)(C)C)no1. The molecule has 0 saturated carbocycles. The molecule has 1 aromatic heterocycles. The molecule has 1 unspecified atom stereocenters. The Labute approximate surface area is 98.6 Å². The minimum absolute atomic E-state index is 0.167. The van der Waals surface area contributed by atoms with Crippen LogP contribution in [0, 0.1) is 0 Å². The van der Waals surface area contributed by atoms with Crippen LogP contribution in [0.2, 0.25) is 0 Å². The Bertz CT molecular complexity index is 401. The van der Waals surface area contributed by atoms with Crippen molar-refractivity contribution in [2.75, 3.05) is 7.11 Å². The van der Waals surface area contributed by atoms with Crippen LogP contribution in [0.25, 0.3) is 0 Å². The average Bonchev–Trinajstić information content (AvgIpc) is 2.63. The second kappa shape index (κ2) is 4.87. The number of nitrogens with zero attached hydrogens (tertiary/aromatic N) is 2. The third-order valence-corrected chi connectivity index (χ3v) is 4.92. The van der Waals surface area contributed by atoms with Crippen molar-refractivity contribution >= 4 is 18.1 Å². The fraction of sp³-hybridized carbons (Fsp3) is 0.750. The summed E-state index contributed by atoms with van der Waals surface area (Å²) in [4.78, 5) is 4.19. The lowest BCUT2D eigenvalue weighted by Crippen LogP contribution is -2.13. The van der Waals surface area contributed by atoms with Gasteiger partial charge in [-0.25, -0.2) is 0 Å². The topological polar surface area (TPSA) is 91.2 Å². The van der Waals surface area contributed by atoms with Gasteiger partial charge < -0.3 is 9.05 Å². The Hall–Kier alpha value is -0.360. The molecule has 0 aromatic carbocycles. The molecular weight excluding hydrogens is 249 g/mol. The summed E-state index contributed by atoms with van der Waals surface area (Å²) in [6.45, 7) is 2.87. The van der Waals surface area contributed by atoms with Crippen LogP contribution in [0.1, 0.15) is 32.5 Å². The molecule has 16 heavy (non-hydrogen) atoms. The van der Waals surface area contributed by atoms with E-state index in [-0.39, 0.29) is 11.2 Å². The number of aromatic nitrogens is 2. The van der Waals surface area contributed by atoms with Crippen LogP contribution < -0.4 is 5.50 Å². The van der Waals surface area contributed by atoms with Gasteiger partial charge >= 0.3 is 6.72 Å². The van der Waals surface area contributed by atoms with E-state index >= 15 is 0 Å². The van der Waals surface area contributed by atoms with Crippen molar-refractivity contribution in [1.82, 2.24) is 10.1 Å². The van der Waals surface area contributed by atoms with E-state index in [1.807, 2.05) is 20.8 Å². The van der Waals surface area contributed by atoms with Gasteiger partial charge in [-0.15, -0.1) is 0 Å². The van der Waals surface area contributed by atoms with E-state index in [4.69, 9.17) is 10.0 Å². The van der Waals surface area contributed by atoms with Crippen LogP contribution in [0.15, 0.2) is 4.52 Å². The molecule has 1 heterocycles. The largest absolute Gasteiger partial charge is 0.338 e. The summed E-state index contributed by atoms with van der Waals surface area (Å²) in [5.41, 5.74) is 5.20. The van der Waals surface area contributed by atoms with E-state index in [1.165, 1.54) is 7.11 Å². The second-order valence-electron chi connectivity index (χ2n) is 4.26. The summed E-state index contributed by atoms with van der Waals surface area (Å²) in [5, 5.41) is 3.84. The maximum Gasteiger partial charge on any atom is 0.324 e. The van der Waals surface area contributed by atoms with Gasteiger partial charge in [0.1, 0.15) is 0 Å². The lowest BCUT2D eigenvalue weighted by molar-refractivity contribution is 0.372. The van der Waals surface area contributed by atoms with E-state index in [0.29, 0.717) is 11.7 Å². The van der Waals surface area contributed by atoms with E-state index in [2.05, 4.69) is 14.7 Å². The first kappa shape index (κ1) is 13.7. The van der Waals surface area contributed by atoms with Crippen LogP contribution >= 0.6 is 18.1 Å². The third kappa shape index (κ3) is 3.90. The quantitative estimate of drug-likeness (QED) is 0.835. The molecule has 0 aliphatic heterocycles. The van der Waals surface area contributed by atoms with E-state index < -0.39 is 6.72 Å². The molecule has 1 aromatic rings. The predicted octanol–water partition coefficient (Wildman–Crippen LogP) is 2.31. The van der Waals surface area contributed by atoms with Gasteiger partial charge in [-0.1, -0.05) is 25.9 Å². The van der Waals surface area contributed by atoms with Gasteiger partial charge in [-0.3, -0.25) is 10.1 Å². The Morgan fingerprint density at radius 1 is 1.56 bits per heavy atom. The highest BCUT2D eigenvalue weighted by Crippen LogP contribution is 2.52. The fourth-order valence-corrected chi connectivity index (χ4v) is 2.52. The minimum Gasteiger partial charge on any atom is -0.338 e. The lowest BCUT2D eigenvalue weighted by Gasteiger charge is -2.10. The number of nitrogens with two attached hydrogens (primary N) is 1. The van der Waals surface area contributed by atoms with Crippen molar-refractivity contribution in [2.24, 2.45) is 5.50 Å². The van der Waals surface area contributed by atoms with Gasteiger partial charge in [-0.05, 0) is 11.4 Å². The highest BCUT2D eigenvalue weighted by molar-refractivity contribution is 8.55. The number of rotatable bonds is 4. The normalized spacial score (nSPS) is 16.1. The Morgan fingerprint density at radius 2 is 2.19 bits per heavy atom. The molecular formula is C8H16N3O3PS. The molecule has 0 fully saturated rings. The monoisotopic (exact) mass is 265 g/mol. The maximum atomic E-state index is 11.4. The zero-order chi connectivity index (χ0) is 12.4. The summed E-state index contributed by atoms with van der Waals surface area (Å²) in [5.74, 6) is 1.30. The lowest BCUT2D eigenvalue weighted by atomic mass is 9.96. The van der Waals surface area contributed by atoms with Crippen LogP contribution in [0.4, 0.5) is 0 Å². The molecule has 1 atom stereocenters. The Balaban J connectivity index is 2.64. The van der Waals surface area contributed by atoms with Crippen LogP contribution in [-0.4, -0.2) is 17.3 Å². The summed E-state index contributed by atoms with van der Waals surface area (Å²) in [7, 11) is 1.31. The standard InChI is InChI=1S/C8H16N3O3PS/c1-8(2,3)7-10-6(14-11-7)5-16-15(9,12)13-4/h5H2,1-4H3,(H2,9,12). The highest BCUT2D eigenvalue weighted by Gasteiger charge is 2.22. The highest BCUT2D eigenvalue weighted by atomic mass is 32.7. The first-order chi connectivity index (χ1) is 7.24. The molecule has 8 heteroatoms. The van der Waals surface area contributed by atoms with E-state index in [1.54, 1.807) is 0 Å². The van der Waals surface area contributed by atoms with Crippen molar-refractivity contribution in [1.29, 1.82) is 0 Å². The van der Waals surface area contributed by atoms with Crippen LogP contribution in [-0.2, 0) is 20.3 Å². The molecule has 6 nitrogen and oxygen atoms in total. The molecule has 1 rings (SSSR count). The van der Waals surface area contributed by atoms with Gasteiger partial charge in [0, 0.05) is 12.5 Å². The van der Waals surface area contributed by atoms with Crippen LogP contribution in [0.3, 0.4) is 0 Å². The van der Waals surface area contributed by atoms with Gasteiger partial charge in [0.05, 0.1) is 5.75 Å². The van der Waals surface area contributed by atoms with Gasteiger partial charge in [0.2, 0.25) is 5.89 Å². The molecule has 0 radical (unpaired) electrons. The van der Waals surface area contributed by atoms with E-state index in [9.17, 15) is 4.57 Å². The third-order valence-electron chi connectivity index (χ3n) is 1.76. The Morgan fingerprint density at radius 3 is 2.62 bits per heavy atom. The summed E-state index contributed by atoms with van der Waals surface area (Å²) in [6, 6.07) is 0. The molecule has 92 valence electrons. The van der Waals surface area contributed by atoms with Gasteiger partial charge in [-0.2, -0.15) is 4.98 Å². The maximum absolute atomic E-state index is 11.4. The van der Waals surface area contributed by atoms with Crippen LogP contribution in [0.5, 0.6) is 0 Å². The first-order valence-corrected chi connectivity index (χ1v) is 7.95. The molecule has 0 aliphatic carbocycles. The van der Waals surface area contributed by atoms with Crippen molar-refractivity contribution in [3.05, 3.63) is 11.7 Å². The molecule has 0 amide bonds. The minimum atomic E-state index is -3.08. The number of hydrogen-bond donors (Lipinski definition) is 1. The Kier molecular flexibility index (Phi) is 4.17. The predicted molar refractivity (Wildman–Crippen MR) is 63.1 cm³/mol. The van der Waals surface area contributed by atoms with Crippen molar-refractivity contribution in [3.63, 3.8) is 0 Å². The van der Waals surface area contributed by atoms with Crippen molar-refractivity contribution < 1.29 is 13.6 Å². The van der Waals surface area contributed by atoms with Gasteiger partial charge in [0.15, 0.2) is 5.82 Å². The number of hydrogen-bond acceptors (Lipinski definition) is 6. The van der Waals surface area contributed by atoms with Gasteiger partial charge in [0.25, 0.3) is 0 Å². The van der Waals surface area contributed by atoms with Crippen molar-refractivity contribution in [3.8, 4) is 0 Å². The van der Waals surface area contributed by atoms with E-state index in [0.717, 1.165) is 11.4 Å². The smallest absolute Gasteiger partial charge is 0.324 e. The average molecular weight is 265 g/mol. The molecule has 0 aliphatic rings. The zero-order valence-corrected chi connectivity index (χ0v) is 11.5. The molecule has 2 N–H and O–H groups in total. The second-order valence-corrected chi connectivity index (χ2v) is 8.55. The van der Waals surface area contributed by atoms with Crippen molar-refractivity contribution in [2.45, 2.75) is 31.9 Å². The zero-order valence-electron chi connectivity index (χ0n) is 9.76. The fourth-order valence-electron chi connectivity index (χ4n) is 0.816.